The number of aromatic amines is 1. The van der Waals surface area contributed by atoms with Gasteiger partial charge in [0.1, 0.15) is 0 Å². The van der Waals surface area contributed by atoms with Crippen LogP contribution in [-0.4, -0.2) is 45.9 Å². The molecule has 0 atom stereocenters. The number of hydrogen-bond acceptors (Lipinski definition) is 5. The molecule has 4 heterocycles. The molecule has 2 aromatic heterocycles. The maximum absolute atomic E-state index is 5.42. The molecule has 6 nitrogen and oxygen atoms in total. The Kier molecular flexibility index (Phi) is 5.10. The summed E-state index contributed by atoms with van der Waals surface area (Å²) in [6, 6.07) is 6.81. The minimum absolute atomic E-state index is 0.564. The summed E-state index contributed by atoms with van der Waals surface area (Å²) in [5.41, 5.74) is 6.09. The third-order valence-corrected chi connectivity index (χ3v) is 5.21. The zero-order valence-corrected chi connectivity index (χ0v) is 14.9. The van der Waals surface area contributed by atoms with Gasteiger partial charge in [0.05, 0.1) is 17.1 Å². The van der Waals surface area contributed by atoms with Crippen LogP contribution in [0.3, 0.4) is 0 Å². The molecule has 4 rings (SSSR count). The third kappa shape index (κ3) is 4.08. The molecule has 134 valence electrons. The zero-order valence-electron chi connectivity index (χ0n) is 14.9. The Morgan fingerprint density at radius 1 is 1.32 bits per heavy atom. The van der Waals surface area contributed by atoms with Gasteiger partial charge in [-0.15, -0.1) is 0 Å². The summed E-state index contributed by atoms with van der Waals surface area (Å²) in [6.45, 7) is 7.54. The molecule has 0 saturated carbocycles. The number of nitrogens with zero attached hydrogens (tertiary/aromatic N) is 3. The normalized spacial score (nSPS) is 19.1. The smallest absolute Gasteiger partial charge is 0.0795 e. The molecule has 2 aromatic rings. The first-order valence-electron chi connectivity index (χ1n) is 9.29. The van der Waals surface area contributed by atoms with Gasteiger partial charge in [-0.05, 0) is 38.3 Å². The summed E-state index contributed by atoms with van der Waals surface area (Å²) in [6.07, 6.45) is 3.26. The minimum atomic E-state index is 0.564. The summed E-state index contributed by atoms with van der Waals surface area (Å²) < 4.78 is 5.42. The average Bonchev–Trinajstić information content (AvgIpc) is 3.03. The first-order valence-corrected chi connectivity index (χ1v) is 9.29. The molecule has 6 heteroatoms. The van der Waals surface area contributed by atoms with E-state index in [9.17, 15) is 0 Å². The molecule has 0 unspecified atom stereocenters. The van der Waals surface area contributed by atoms with Gasteiger partial charge in [0.15, 0.2) is 0 Å². The van der Waals surface area contributed by atoms with Crippen molar-refractivity contribution in [3.05, 3.63) is 46.5 Å². The highest BCUT2D eigenvalue weighted by atomic mass is 16.5. The lowest BCUT2D eigenvalue weighted by Crippen LogP contribution is -2.35. The van der Waals surface area contributed by atoms with E-state index in [0.717, 1.165) is 70.0 Å². The monoisotopic (exact) mass is 341 g/mol. The van der Waals surface area contributed by atoms with E-state index < -0.39 is 0 Å². The highest BCUT2D eigenvalue weighted by molar-refractivity contribution is 5.28. The van der Waals surface area contributed by atoms with E-state index in [0.29, 0.717) is 6.04 Å². The van der Waals surface area contributed by atoms with E-state index in [-0.39, 0.29) is 0 Å². The molecule has 2 aliphatic heterocycles. The Morgan fingerprint density at radius 2 is 2.20 bits per heavy atom. The van der Waals surface area contributed by atoms with Crippen LogP contribution in [0.1, 0.15) is 41.2 Å². The highest BCUT2D eigenvalue weighted by Gasteiger charge is 2.22. The Hall–Kier alpha value is -1.76. The molecule has 0 radical (unpaired) electrons. The molecule has 25 heavy (non-hydrogen) atoms. The molecule has 0 amide bonds. The average molecular weight is 341 g/mol. The minimum Gasteiger partial charge on any atom is -0.381 e. The number of pyridine rings is 1. The van der Waals surface area contributed by atoms with E-state index in [2.05, 4.69) is 37.5 Å². The second-order valence-corrected chi connectivity index (χ2v) is 7.13. The Morgan fingerprint density at radius 3 is 3.04 bits per heavy atom. The van der Waals surface area contributed by atoms with Gasteiger partial charge in [-0.3, -0.25) is 15.0 Å². The predicted octanol–water partition coefficient (Wildman–Crippen LogP) is 1.94. The fourth-order valence-corrected chi connectivity index (χ4v) is 3.78. The highest BCUT2D eigenvalue weighted by Crippen LogP contribution is 2.21. The van der Waals surface area contributed by atoms with Crippen LogP contribution in [0.25, 0.3) is 0 Å². The van der Waals surface area contributed by atoms with Crippen LogP contribution in [0, 0.1) is 6.92 Å². The van der Waals surface area contributed by atoms with Crippen LogP contribution in [0.4, 0.5) is 0 Å². The first kappa shape index (κ1) is 16.7. The molecule has 1 saturated heterocycles. The SMILES string of the molecule is Cc1cccc(CN2CCc3c(CNC4CCOCC4)n[nH]c3C2)n1. The summed E-state index contributed by atoms with van der Waals surface area (Å²) >= 11 is 0. The van der Waals surface area contributed by atoms with Gasteiger partial charge in [0.25, 0.3) is 0 Å². The van der Waals surface area contributed by atoms with Gasteiger partial charge in [-0.25, -0.2) is 0 Å². The number of hydrogen-bond donors (Lipinski definition) is 2. The van der Waals surface area contributed by atoms with Gasteiger partial charge >= 0.3 is 0 Å². The number of ether oxygens (including phenoxy) is 1. The van der Waals surface area contributed by atoms with Gasteiger partial charge in [-0.2, -0.15) is 5.10 Å². The summed E-state index contributed by atoms with van der Waals surface area (Å²) in [7, 11) is 0. The number of nitrogens with one attached hydrogen (secondary N) is 2. The van der Waals surface area contributed by atoms with Crippen LogP contribution in [0.5, 0.6) is 0 Å². The molecule has 0 aliphatic carbocycles. The van der Waals surface area contributed by atoms with Crippen molar-refractivity contribution in [2.75, 3.05) is 19.8 Å². The van der Waals surface area contributed by atoms with E-state index in [1.165, 1.54) is 17.0 Å². The lowest BCUT2D eigenvalue weighted by atomic mass is 10.0. The lowest BCUT2D eigenvalue weighted by molar-refractivity contribution is 0.0775. The lowest BCUT2D eigenvalue weighted by Gasteiger charge is -2.27. The second kappa shape index (κ2) is 7.64. The number of H-pyrrole nitrogens is 1. The van der Waals surface area contributed by atoms with Crippen molar-refractivity contribution in [3.63, 3.8) is 0 Å². The third-order valence-electron chi connectivity index (χ3n) is 5.21. The molecule has 0 aromatic carbocycles. The zero-order chi connectivity index (χ0) is 17.1. The van der Waals surface area contributed by atoms with E-state index >= 15 is 0 Å². The standard InChI is InChI=1S/C19H27N5O/c1-14-3-2-4-16(21-14)12-24-8-5-17-18(22-23-19(17)13-24)11-20-15-6-9-25-10-7-15/h2-4,15,20H,5-13H2,1H3,(H,22,23). The Labute approximate surface area is 149 Å². The molecule has 2 N–H and O–H groups in total. The van der Waals surface area contributed by atoms with Crippen molar-refractivity contribution in [1.82, 2.24) is 25.4 Å². The summed E-state index contributed by atoms with van der Waals surface area (Å²) in [4.78, 5) is 7.06. The number of aromatic nitrogens is 3. The largest absolute Gasteiger partial charge is 0.381 e. The fraction of sp³-hybridized carbons (Fsp3) is 0.579. The molecule has 2 aliphatic rings. The van der Waals surface area contributed by atoms with Crippen molar-refractivity contribution in [1.29, 1.82) is 0 Å². The van der Waals surface area contributed by atoms with Crippen molar-refractivity contribution in [3.8, 4) is 0 Å². The maximum atomic E-state index is 5.42. The maximum Gasteiger partial charge on any atom is 0.0795 e. The van der Waals surface area contributed by atoms with Gasteiger partial charge in [0.2, 0.25) is 0 Å². The number of rotatable bonds is 5. The van der Waals surface area contributed by atoms with Crippen molar-refractivity contribution in [2.24, 2.45) is 0 Å². The Balaban J connectivity index is 1.35. The van der Waals surface area contributed by atoms with Gasteiger partial charge in [0, 0.05) is 56.7 Å². The summed E-state index contributed by atoms with van der Waals surface area (Å²) in [5, 5.41) is 11.5. The van der Waals surface area contributed by atoms with E-state index in [1.807, 2.05) is 13.0 Å². The predicted molar refractivity (Wildman–Crippen MR) is 96.1 cm³/mol. The van der Waals surface area contributed by atoms with Crippen LogP contribution < -0.4 is 5.32 Å². The molecule has 0 bridgehead atoms. The summed E-state index contributed by atoms with van der Waals surface area (Å²) in [5.74, 6) is 0. The number of aryl methyl sites for hydroxylation is 1. The van der Waals surface area contributed by atoms with Crippen LogP contribution in [0.2, 0.25) is 0 Å². The molecular weight excluding hydrogens is 314 g/mol. The van der Waals surface area contributed by atoms with Crippen LogP contribution >= 0.6 is 0 Å². The topological polar surface area (TPSA) is 66.1 Å². The van der Waals surface area contributed by atoms with Crippen LogP contribution in [0.15, 0.2) is 18.2 Å². The van der Waals surface area contributed by atoms with Crippen LogP contribution in [-0.2, 0) is 30.8 Å². The van der Waals surface area contributed by atoms with Crippen molar-refractivity contribution < 1.29 is 4.74 Å². The second-order valence-electron chi connectivity index (χ2n) is 7.13. The van der Waals surface area contributed by atoms with Gasteiger partial charge in [-0.1, -0.05) is 6.07 Å². The first-order chi connectivity index (χ1) is 12.3. The quantitative estimate of drug-likeness (QED) is 0.870. The molecule has 0 spiro atoms. The van der Waals surface area contributed by atoms with Crippen molar-refractivity contribution >= 4 is 0 Å². The molecular formula is C19H27N5O. The van der Waals surface area contributed by atoms with E-state index in [1.54, 1.807) is 0 Å². The van der Waals surface area contributed by atoms with E-state index in [4.69, 9.17) is 4.74 Å². The molecule has 1 fully saturated rings. The number of fused-ring (bicyclic) bond motifs is 1. The van der Waals surface area contributed by atoms with Gasteiger partial charge < -0.3 is 10.1 Å². The fourth-order valence-electron chi connectivity index (χ4n) is 3.78. The van der Waals surface area contributed by atoms with Crippen molar-refractivity contribution in [2.45, 2.75) is 51.9 Å². The Bertz CT molecular complexity index is 708.